The molecule has 0 radical (unpaired) electrons. The van der Waals surface area contributed by atoms with Crippen LogP contribution in [0.25, 0.3) is 0 Å². The van der Waals surface area contributed by atoms with Crippen molar-refractivity contribution in [2.45, 2.75) is 26.5 Å². The Morgan fingerprint density at radius 3 is 2.89 bits per heavy atom. The van der Waals surface area contributed by atoms with Gasteiger partial charge in [-0.05, 0) is 27.0 Å². The van der Waals surface area contributed by atoms with Gasteiger partial charge in [0.05, 0.1) is 6.54 Å². The quantitative estimate of drug-likeness (QED) is 0.756. The topological polar surface area (TPSA) is 50.4 Å². The molecule has 0 saturated heterocycles. The number of carbonyl (C=O) groups is 1. The smallest absolute Gasteiger partial charge is 0.261 e. The minimum absolute atomic E-state index is 0.212. The molecule has 1 atom stereocenters. The molecule has 0 aliphatic carbocycles. The van der Waals surface area contributed by atoms with Gasteiger partial charge in [-0.3, -0.25) is 4.79 Å². The van der Waals surface area contributed by atoms with E-state index in [0.717, 1.165) is 11.1 Å². The molecule has 1 aromatic carbocycles. The fourth-order valence-corrected chi connectivity index (χ4v) is 1.68. The van der Waals surface area contributed by atoms with Crippen molar-refractivity contribution in [3.05, 3.63) is 29.3 Å². The SMILES string of the molecule is C#CCNC(=O)C(C)Oc1ccc(C)cc1CNC. The Hall–Kier alpha value is -1.99. The predicted molar refractivity (Wildman–Crippen MR) is 75.9 cm³/mol. The maximum absolute atomic E-state index is 11.7. The number of amides is 1. The summed E-state index contributed by atoms with van der Waals surface area (Å²) < 4.78 is 5.69. The molecule has 4 heteroatoms. The van der Waals surface area contributed by atoms with Gasteiger partial charge in [0.1, 0.15) is 5.75 Å². The van der Waals surface area contributed by atoms with Gasteiger partial charge in [0.15, 0.2) is 6.10 Å². The van der Waals surface area contributed by atoms with Crippen molar-refractivity contribution in [3.63, 3.8) is 0 Å². The van der Waals surface area contributed by atoms with Crippen LogP contribution in [0, 0.1) is 19.3 Å². The lowest BCUT2D eigenvalue weighted by atomic mass is 10.1. The molecule has 0 heterocycles. The van der Waals surface area contributed by atoms with E-state index < -0.39 is 6.10 Å². The van der Waals surface area contributed by atoms with Crippen LogP contribution in [0.15, 0.2) is 18.2 Å². The summed E-state index contributed by atoms with van der Waals surface area (Å²) in [5, 5.41) is 5.68. The first-order chi connectivity index (χ1) is 9.08. The van der Waals surface area contributed by atoms with Crippen LogP contribution < -0.4 is 15.4 Å². The van der Waals surface area contributed by atoms with E-state index in [1.165, 1.54) is 0 Å². The Morgan fingerprint density at radius 2 is 2.26 bits per heavy atom. The number of hydrogen-bond donors (Lipinski definition) is 2. The minimum atomic E-state index is -0.577. The number of hydrogen-bond acceptors (Lipinski definition) is 3. The van der Waals surface area contributed by atoms with Crippen LogP contribution in [0.2, 0.25) is 0 Å². The molecule has 0 saturated carbocycles. The van der Waals surface area contributed by atoms with Crippen LogP contribution in [0.3, 0.4) is 0 Å². The zero-order valence-electron chi connectivity index (χ0n) is 11.6. The van der Waals surface area contributed by atoms with Gasteiger partial charge in [0.2, 0.25) is 0 Å². The van der Waals surface area contributed by atoms with Crippen molar-refractivity contribution < 1.29 is 9.53 Å². The molecule has 2 N–H and O–H groups in total. The first-order valence-corrected chi connectivity index (χ1v) is 6.20. The highest BCUT2D eigenvalue weighted by Crippen LogP contribution is 2.21. The van der Waals surface area contributed by atoms with E-state index in [0.29, 0.717) is 12.3 Å². The molecule has 0 aliphatic rings. The van der Waals surface area contributed by atoms with E-state index in [2.05, 4.69) is 16.6 Å². The third-order valence-corrected chi connectivity index (χ3v) is 2.62. The molecule has 0 fully saturated rings. The van der Waals surface area contributed by atoms with Gasteiger partial charge in [-0.25, -0.2) is 0 Å². The van der Waals surface area contributed by atoms with Crippen LogP contribution >= 0.6 is 0 Å². The van der Waals surface area contributed by atoms with Crippen molar-refractivity contribution in [3.8, 4) is 18.1 Å². The average Bonchev–Trinajstić information content (AvgIpc) is 2.39. The maximum Gasteiger partial charge on any atom is 0.261 e. The first kappa shape index (κ1) is 15.1. The highest BCUT2D eigenvalue weighted by Gasteiger charge is 2.15. The van der Waals surface area contributed by atoms with Gasteiger partial charge in [-0.15, -0.1) is 6.42 Å². The van der Waals surface area contributed by atoms with Gasteiger partial charge in [-0.2, -0.15) is 0 Å². The van der Waals surface area contributed by atoms with Crippen molar-refractivity contribution in [2.75, 3.05) is 13.6 Å². The number of terminal acetylenes is 1. The standard InChI is InChI=1S/C15H20N2O2/c1-5-8-17-15(18)12(3)19-14-7-6-11(2)9-13(14)10-16-4/h1,6-7,9,12,16H,8,10H2,2-4H3,(H,17,18). The van der Waals surface area contributed by atoms with Crippen molar-refractivity contribution in [1.29, 1.82) is 0 Å². The van der Waals surface area contributed by atoms with Crippen molar-refractivity contribution >= 4 is 5.91 Å². The fraction of sp³-hybridized carbons (Fsp3) is 0.400. The van der Waals surface area contributed by atoms with Gasteiger partial charge in [0.25, 0.3) is 5.91 Å². The summed E-state index contributed by atoms with van der Waals surface area (Å²) in [6, 6.07) is 5.88. The Morgan fingerprint density at radius 1 is 1.53 bits per heavy atom. The van der Waals surface area contributed by atoms with E-state index >= 15 is 0 Å². The summed E-state index contributed by atoms with van der Waals surface area (Å²) in [6.45, 7) is 4.63. The highest BCUT2D eigenvalue weighted by molar-refractivity contribution is 5.80. The molecule has 19 heavy (non-hydrogen) atoms. The zero-order chi connectivity index (χ0) is 14.3. The summed E-state index contributed by atoms with van der Waals surface area (Å²) in [4.78, 5) is 11.7. The number of aryl methyl sites for hydroxylation is 1. The van der Waals surface area contributed by atoms with E-state index in [1.807, 2.05) is 32.2 Å². The summed E-state index contributed by atoms with van der Waals surface area (Å²) in [5.74, 6) is 2.86. The van der Waals surface area contributed by atoms with Crippen LogP contribution in [0.5, 0.6) is 5.75 Å². The van der Waals surface area contributed by atoms with E-state index in [1.54, 1.807) is 6.92 Å². The van der Waals surface area contributed by atoms with Gasteiger partial charge in [0, 0.05) is 12.1 Å². The van der Waals surface area contributed by atoms with Crippen LogP contribution in [-0.2, 0) is 11.3 Å². The maximum atomic E-state index is 11.7. The molecule has 1 unspecified atom stereocenters. The number of nitrogens with one attached hydrogen (secondary N) is 2. The van der Waals surface area contributed by atoms with Gasteiger partial charge < -0.3 is 15.4 Å². The van der Waals surface area contributed by atoms with Crippen LogP contribution in [0.4, 0.5) is 0 Å². The van der Waals surface area contributed by atoms with Crippen molar-refractivity contribution in [2.24, 2.45) is 0 Å². The number of ether oxygens (including phenoxy) is 1. The monoisotopic (exact) mass is 260 g/mol. The molecule has 0 aromatic heterocycles. The normalized spacial score (nSPS) is 11.5. The molecular weight excluding hydrogens is 240 g/mol. The lowest BCUT2D eigenvalue weighted by molar-refractivity contribution is -0.127. The number of benzene rings is 1. The third-order valence-electron chi connectivity index (χ3n) is 2.62. The number of carbonyl (C=O) groups excluding carboxylic acids is 1. The molecule has 1 aromatic rings. The van der Waals surface area contributed by atoms with Gasteiger partial charge >= 0.3 is 0 Å². The minimum Gasteiger partial charge on any atom is -0.481 e. The second-order valence-electron chi connectivity index (χ2n) is 4.32. The summed E-state index contributed by atoms with van der Waals surface area (Å²) >= 11 is 0. The third kappa shape index (κ3) is 4.65. The molecule has 0 bridgehead atoms. The average molecular weight is 260 g/mol. The predicted octanol–water partition coefficient (Wildman–Crippen LogP) is 1.23. The Labute approximate surface area is 114 Å². The van der Waals surface area contributed by atoms with E-state index in [4.69, 9.17) is 11.2 Å². The van der Waals surface area contributed by atoms with Crippen LogP contribution in [-0.4, -0.2) is 25.6 Å². The first-order valence-electron chi connectivity index (χ1n) is 6.20. The molecule has 4 nitrogen and oxygen atoms in total. The Bertz CT molecular complexity index is 478. The Balaban J connectivity index is 2.75. The second kappa shape index (κ2) is 7.45. The zero-order valence-corrected chi connectivity index (χ0v) is 11.6. The molecular formula is C15H20N2O2. The molecule has 102 valence electrons. The summed E-state index contributed by atoms with van der Waals surface area (Å²) in [7, 11) is 1.87. The van der Waals surface area contributed by atoms with E-state index in [9.17, 15) is 4.79 Å². The highest BCUT2D eigenvalue weighted by atomic mass is 16.5. The molecule has 1 rings (SSSR count). The van der Waals surface area contributed by atoms with Crippen molar-refractivity contribution in [1.82, 2.24) is 10.6 Å². The van der Waals surface area contributed by atoms with Crippen LogP contribution in [0.1, 0.15) is 18.1 Å². The van der Waals surface area contributed by atoms with E-state index in [-0.39, 0.29) is 12.5 Å². The molecule has 1 amide bonds. The molecule has 0 spiro atoms. The largest absolute Gasteiger partial charge is 0.481 e. The lowest BCUT2D eigenvalue weighted by Crippen LogP contribution is -2.36. The fourth-order valence-electron chi connectivity index (χ4n) is 1.68. The molecule has 0 aliphatic heterocycles. The van der Waals surface area contributed by atoms with Gasteiger partial charge in [-0.1, -0.05) is 23.6 Å². The summed E-state index contributed by atoms with van der Waals surface area (Å²) in [6.07, 6.45) is 4.52. The lowest BCUT2D eigenvalue weighted by Gasteiger charge is -2.17. The second-order valence-corrected chi connectivity index (χ2v) is 4.32. The number of rotatable bonds is 6. The Kier molecular flexibility index (Phi) is 5.91. The summed E-state index contributed by atoms with van der Waals surface area (Å²) in [5.41, 5.74) is 2.18.